The van der Waals surface area contributed by atoms with E-state index in [-0.39, 0.29) is 17.6 Å². The van der Waals surface area contributed by atoms with Crippen LogP contribution in [0.2, 0.25) is 0 Å². The standard InChI is InChI=1S/C17H20FNO/c1-2-11-19-17(14-5-7-15(18)8-6-14)12-13-3-9-16(20)10-4-13/h3-10,17,19-20H,2,11-12H2,1H3. The van der Waals surface area contributed by atoms with Gasteiger partial charge in [-0.3, -0.25) is 0 Å². The van der Waals surface area contributed by atoms with Gasteiger partial charge in [-0.25, -0.2) is 4.39 Å². The minimum atomic E-state index is -0.215. The molecule has 0 saturated carbocycles. The van der Waals surface area contributed by atoms with Crippen molar-refractivity contribution in [2.75, 3.05) is 6.54 Å². The Hall–Kier alpha value is -1.87. The number of hydrogen-bond acceptors (Lipinski definition) is 2. The van der Waals surface area contributed by atoms with Gasteiger partial charge in [0.25, 0.3) is 0 Å². The van der Waals surface area contributed by atoms with Crippen LogP contribution in [0.15, 0.2) is 48.5 Å². The van der Waals surface area contributed by atoms with E-state index in [4.69, 9.17) is 0 Å². The van der Waals surface area contributed by atoms with Crippen LogP contribution in [0.3, 0.4) is 0 Å². The van der Waals surface area contributed by atoms with Crippen molar-refractivity contribution in [2.24, 2.45) is 0 Å². The second kappa shape index (κ2) is 7.06. The van der Waals surface area contributed by atoms with Crippen LogP contribution in [-0.4, -0.2) is 11.7 Å². The third kappa shape index (κ3) is 4.07. The molecule has 1 atom stereocenters. The molecular formula is C17H20FNO. The molecule has 20 heavy (non-hydrogen) atoms. The molecule has 106 valence electrons. The normalized spacial score (nSPS) is 12.3. The first kappa shape index (κ1) is 14.5. The van der Waals surface area contributed by atoms with Crippen molar-refractivity contribution in [3.63, 3.8) is 0 Å². The molecule has 0 fully saturated rings. The highest BCUT2D eigenvalue weighted by molar-refractivity contribution is 5.28. The van der Waals surface area contributed by atoms with Crippen LogP contribution in [0.25, 0.3) is 0 Å². The summed E-state index contributed by atoms with van der Waals surface area (Å²) in [5, 5.41) is 12.8. The van der Waals surface area contributed by atoms with Crippen molar-refractivity contribution in [2.45, 2.75) is 25.8 Å². The Morgan fingerprint density at radius 3 is 2.30 bits per heavy atom. The molecule has 3 heteroatoms. The average Bonchev–Trinajstić information content (AvgIpc) is 2.46. The van der Waals surface area contributed by atoms with Crippen LogP contribution in [0.4, 0.5) is 4.39 Å². The zero-order valence-electron chi connectivity index (χ0n) is 11.6. The van der Waals surface area contributed by atoms with E-state index in [0.29, 0.717) is 0 Å². The molecule has 0 saturated heterocycles. The summed E-state index contributed by atoms with van der Waals surface area (Å²) in [4.78, 5) is 0. The molecule has 2 rings (SSSR count). The monoisotopic (exact) mass is 273 g/mol. The Labute approximate surface area is 119 Å². The lowest BCUT2D eigenvalue weighted by atomic mass is 9.98. The molecule has 2 N–H and O–H groups in total. The van der Waals surface area contributed by atoms with Crippen LogP contribution in [0, 0.1) is 5.82 Å². The third-order valence-electron chi connectivity index (χ3n) is 3.29. The number of nitrogens with one attached hydrogen (secondary N) is 1. The molecule has 0 heterocycles. The van der Waals surface area contributed by atoms with E-state index in [2.05, 4.69) is 12.2 Å². The summed E-state index contributed by atoms with van der Waals surface area (Å²) in [6.07, 6.45) is 1.86. The van der Waals surface area contributed by atoms with E-state index < -0.39 is 0 Å². The first-order chi connectivity index (χ1) is 9.69. The van der Waals surface area contributed by atoms with Crippen molar-refractivity contribution in [3.05, 3.63) is 65.5 Å². The van der Waals surface area contributed by atoms with Gasteiger partial charge in [0, 0.05) is 6.04 Å². The predicted octanol–water partition coefficient (Wildman–Crippen LogP) is 3.81. The van der Waals surface area contributed by atoms with Gasteiger partial charge >= 0.3 is 0 Å². The van der Waals surface area contributed by atoms with Gasteiger partial charge in [-0.2, -0.15) is 0 Å². The topological polar surface area (TPSA) is 32.3 Å². The van der Waals surface area contributed by atoms with E-state index >= 15 is 0 Å². The van der Waals surface area contributed by atoms with Gasteiger partial charge < -0.3 is 10.4 Å². The van der Waals surface area contributed by atoms with E-state index in [9.17, 15) is 9.50 Å². The Kier molecular flexibility index (Phi) is 5.13. The molecule has 0 aromatic heterocycles. The van der Waals surface area contributed by atoms with Gasteiger partial charge in [0.05, 0.1) is 0 Å². The first-order valence-corrected chi connectivity index (χ1v) is 6.96. The maximum atomic E-state index is 13.0. The summed E-state index contributed by atoms with van der Waals surface area (Å²) in [6.45, 7) is 3.04. The van der Waals surface area contributed by atoms with Crippen molar-refractivity contribution in [3.8, 4) is 5.75 Å². The lowest BCUT2D eigenvalue weighted by molar-refractivity contribution is 0.474. The number of benzene rings is 2. The third-order valence-corrected chi connectivity index (χ3v) is 3.29. The van der Waals surface area contributed by atoms with Crippen LogP contribution < -0.4 is 5.32 Å². The van der Waals surface area contributed by atoms with Crippen molar-refractivity contribution < 1.29 is 9.50 Å². The zero-order chi connectivity index (χ0) is 14.4. The molecule has 0 bridgehead atoms. The lowest BCUT2D eigenvalue weighted by Gasteiger charge is -2.19. The van der Waals surface area contributed by atoms with Crippen LogP contribution >= 0.6 is 0 Å². The second-order valence-corrected chi connectivity index (χ2v) is 4.93. The number of phenolic OH excluding ortho intramolecular Hbond substituents is 1. The molecular weight excluding hydrogens is 253 g/mol. The fourth-order valence-electron chi connectivity index (χ4n) is 2.19. The Bertz CT molecular complexity index is 522. The fraction of sp³-hybridized carbons (Fsp3) is 0.294. The van der Waals surface area contributed by atoms with Gasteiger partial charge in [0.15, 0.2) is 0 Å². The molecule has 2 aromatic rings. The molecule has 0 radical (unpaired) electrons. The predicted molar refractivity (Wildman–Crippen MR) is 79.2 cm³/mol. The highest BCUT2D eigenvalue weighted by atomic mass is 19.1. The van der Waals surface area contributed by atoms with E-state index in [1.54, 1.807) is 12.1 Å². The Balaban J connectivity index is 2.14. The van der Waals surface area contributed by atoms with Crippen molar-refractivity contribution in [1.29, 1.82) is 0 Å². The summed E-state index contributed by atoms with van der Waals surface area (Å²) in [5.41, 5.74) is 2.22. The van der Waals surface area contributed by atoms with E-state index in [0.717, 1.165) is 30.5 Å². The maximum Gasteiger partial charge on any atom is 0.123 e. The van der Waals surface area contributed by atoms with E-state index in [1.807, 2.05) is 24.3 Å². The number of aromatic hydroxyl groups is 1. The SMILES string of the molecule is CCCNC(Cc1ccc(O)cc1)c1ccc(F)cc1. The van der Waals surface area contributed by atoms with Crippen LogP contribution in [0.5, 0.6) is 5.75 Å². The highest BCUT2D eigenvalue weighted by Crippen LogP contribution is 2.20. The number of hydrogen-bond donors (Lipinski definition) is 2. The molecule has 2 aromatic carbocycles. The van der Waals surface area contributed by atoms with Gasteiger partial charge in [-0.1, -0.05) is 31.2 Å². The van der Waals surface area contributed by atoms with Crippen molar-refractivity contribution >= 4 is 0 Å². The Morgan fingerprint density at radius 1 is 1.05 bits per heavy atom. The number of rotatable bonds is 6. The quantitative estimate of drug-likeness (QED) is 0.838. The fourth-order valence-corrected chi connectivity index (χ4v) is 2.19. The smallest absolute Gasteiger partial charge is 0.123 e. The van der Waals surface area contributed by atoms with Gasteiger partial charge in [0.2, 0.25) is 0 Å². The summed E-state index contributed by atoms with van der Waals surface area (Å²) in [5.74, 6) is 0.0567. The molecule has 0 aliphatic rings. The highest BCUT2D eigenvalue weighted by Gasteiger charge is 2.11. The minimum absolute atomic E-state index is 0.153. The minimum Gasteiger partial charge on any atom is -0.508 e. The number of halogens is 1. The van der Waals surface area contributed by atoms with Gasteiger partial charge in [0.1, 0.15) is 11.6 Å². The largest absolute Gasteiger partial charge is 0.508 e. The van der Waals surface area contributed by atoms with Crippen molar-refractivity contribution in [1.82, 2.24) is 5.32 Å². The summed E-state index contributed by atoms with van der Waals surface area (Å²) in [6, 6.07) is 14.0. The summed E-state index contributed by atoms with van der Waals surface area (Å²) >= 11 is 0. The Morgan fingerprint density at radius 2 is 1.70 bits per heavy atom. The summed E-state index contributed by atoms with van der Waals surface area (Å²) in [7, 11) is 0. The average molecular weight is 273 g/mol. The summed E-state index contributed by atoms with van der Waals surface area (Å²) < 4.78 is 13.0. The molecule has 2 nitrogen and oxygen atoms in total. The first-order valence-electron chi connectivity index (χ1n) is 6.96. The van der Waals surface area contributed by atoms with E-state index in [1.165, 1.54) is 12.1 Å². The van der Waals surface area contributed by atoms with Crippen LogP contribution in [-0.2, 0) is 6.42 Å². The zero-order valence-corrected chi connectivity index (χ0v) is 11.6. The lowest BCUT2D eigenvalue weighted by Crippen LogP contribution is -2.24. The maximum absolute atomic E-state index is 13.0. The van der Waals surface area contributed by atoms with Gasteiger partial charge in [-0.15, -0.1) is 0 Å². The molecule has 0 aliphatic carbocycles. The molecule has 0 amide bonds. The van der Waals surface area contributed by atoms with Crippen LogP contribution in [0.1, 0.15) is 30.5 Å². The molecule has 0 aliphatic heterocycles. The van der Waals surface area contributed by atoms with Gasteiger partial charge in [-0.05, 0) is 54.8 Å². The molecule has 1 unspecified atom stereocenters. The molecule has 0 spiro atoms. The second-order valence-electron chi connectivity index (χ2n) is 4.93. The number of phenols is 1.